The molecule has 1 N–H and O–H groups in total. The first-order valence-corrected chi connectivity index (χ1v) is 9.51. The van der Waals surface area contributed by atoms with E-state index in [0.717, 1.165) is 5.56 Å². The number of benzene rings is 1. The third-order valence-corrected chi connectivity index (χ3v) is 3.91. The molecule has 29 heavy (non-hydrogen) atoms. The monoisotopic (exact) mass is 405 g/mol. The van der Waals surface area contributed by atoms with Gasteiger partial charge >= 0.3 is 5.76 Å². The van der Waals surface area contributed by atoms with E-state index >= 15 is 0 Å². The summed E-state index contributed by atoms with van der Waals surface area (Å²) >= 11 is 0. The number of Topliss-reactive ketones (excluding diaryl/α,β-unsaturated/α-hetero) is 2. The van der Waals surface area contributed by atoms with Gasteiger partial charge in [0.25, 0.3) is 5.89 Å². The Balaban J connectivity index is 0.000000658. The number of carbonyl (C=O) groups is 2. The molecular formula is C22H35N3O4. The molecule has 2 aromatic rings. The Morgan fingerprint density at radius 1 is 1.10 bits per heavy atom. The first kappa shape index (κ1) is 26.5. The lowest BCUT2D eigenvalue weighted by molar-refractivity contribution is 0.0897. The average Bonchev–Trinajstić information content (AvgIpc) is 3.00. The molecule has 0 aliphatic heterocycles. The van der Waals surface area contributed by atoms with Crippen LogP contribution < -0.4 is 11.1 Å². The quantitative estimate of drug-likeness (QED) is 0.671. The minimum Gasteiger partial charge on any atom is -0.384 e. The van der Waals surface area contributed by atoms with Crippen molar-refractivity contribution in [1.82, 2.24) is 15.1 Å². The molecule has 1 aromatic carbocycles. The van der Waals surface area contributed by atoms with Crippen molar-refractivity contribution in [3.05, 3.63) is 52.3 Å². The molecule has 0 fully saturated rings. The van der Waals surface area contributed by atoms with Gasteiger partial charge in [0.05, 0.1) is 12.6 Å². The van der Waals surface area contributed by atoms with Gasteiger partial charge in [-0.1, -0.05) is 65.5 Å². The van der Waals surface area contributed by atoms with Crippen LogP contribution in [0.5, 0.6) is 0 Å². The average molecular weight is 406 g/mol. The Morgan fingerprint density at radius 2 is 1.69 bits per heavy atom. The molecule has 0 radical (unpaired) electrons. The largest absolute Gasteiger partial charge is 0.437 e. The van der Waals surface area contributed by atoms with Gasteiger partial charge in [0, 0.05) is 5.56 Å². The van der Waals surface area contributed by atoms with Gasteiger partial charge in [-0.25, -0.2) is 4.79 Å². The summed E-state index contributed by atoms with van der Waals surface area (Å²) in [4.78, 5) is 34.4. The van der Waals surface area contributed by atoms with Crippen molar-refractivity contribution < 1.29 is 14.0 Å². The highest BCUT2D eigenvalue weighted by molar-refractivity contribution is 5.96. The van der Waals surface area contributed by atoms with Gasteiger partial charge in [-0.3, -0.25) is 9.59 Å². The van der Waals surface area contributed by atoms with Crippen LogP contribution in [0.4, 0.5) is 0 Å². The van der Waals surface area contributed by atoms with E-state index in [-0.39, 0.29) is 36.8 Å². The second-order valence-electron chi connectivity index (χ2n) is 7.51. The summed E-state index contributed by atoms with van der Waals surface area (Å²) in [6.45, 7) is 10.0. The van der Waals surface area contributed by atoms with Crippen molar-refractivity contribution >= 4 is 11.6 Å². The van der Waals surface area contributed by atoms with Crippen LogP contribution in [-0.4, -0.2) is 34.4 Å². The highest BCUT2D eigenvalue weighted by Gasteiger charge is 2.25. The van der Waals surface area contributed by atoms with Gasteiger partial charge in [0.1, 0.15) is 0 Å². The van der Waals surface area contributed by atoms with E-state index in [1.54, 1.807) is 14.0 Å². The zero-order valence-corrected chi connectivity index (χ0v) is 17.6. The highest BCUT2D eigenvalue weighted by Crippen LogP contribution is 2.09. The molecule has 7 nitrogen and oxygen atoms in total. The normalized spacial score (nSPS) is 11.4. The molecule has 1 atom stereocenters. The maximum atomic E-state index is 12.2. The van der Waals surface area contributed by atoms with Crippen molar-refractivity contribution in [3.8, 4) is 0 Å². The standard InChI is InChI=1S/C13H23N3O3.C8H8O.CH4/c1-8(2)6-10(14-5)11(17)12-15-16(7-9(3)4)13(18)19-12;1-7(9)8-5-3-2-4-6-8;/h8-10,14H,6-7H2,1-5H3;2-6H,1H3;1H4/t10-;;/m0../s1. The number of aromatic nitrogens is 2. The van der Waals surface area contributed by atoms with Crippen molar-refractivity contribution in [2.24, 2.45) is 11.8 Å². The zero-order valence-electron chi connectivity index (χ0n) is 17.6. The van der Waals surface area contributed by atoms with Gasteiger partial charge in [-0.05, 0) is 32.2 Å². The first-order chi connectivity index (χ1) is 13.1. The summed E-state index contributed by atoms with van der Waals surface area (Å²) in [6.07, 6.45) is 0.677. The summed E-state index contributed by atoms with van der Waals surface area (Å²) in [5.41, 5.74) is 0.775. The van der Waals surface area contributed by atoms with Crippen molar-refractivity contribution in [1.29, 1.82) is 0 Å². The molecule has 0 bridgehead atoms. The number of nitrogens with zero attached hydrogens (tertiary/aromatic N) is 2. The maximum absolute atomic E-state index is 12.2. The molecule has 0 amide bonds. The number of nitrogens with one attached hydrogen (secondary N) is 1. The van der Waals surface area contributed by atoms with E-state index in [9.17, 15) is 14.4 Å². The Kier molecular flexibility index (Phi) is 11.7. The lowest BCUT2D eigenvalue weighted by Gasteiger charge is -2.14. The molecule has 1 heterocycles. The Bertz CT molecular complexity index is 807. The second-order valence-corrected chi connectivity index (χ2v) is 7.51. The maximum Gasteiger partial charge on any atom is 0.437 e. The Labute approximate surface area is 173 Å². The van der Waals surface area contributed by atoms with E-state index in [0.29, 0.717) is 18.9 Å². The van der Waals surface area contributed by atoms with E-state index in [4.69, 9.17) is 4.42 Å². The molecule has 0 unspecified atom stereocenters. The predicted molar refractivity (Wildman–Crippen MR) is 115 cm³/mol. The molecule has 7 heteroatoms. The third-order valence-electron chi connectivity index (χ3n) is 3.91. The van der Waals surface area contributed by atoms with Gasteiger partial charge in [-0.15, -0.1) is 5.10 Å². The van der Waals surface area contributed by atoms with Gasteiger partial charge in [-0.2, -0.15) is 4.68 Å². The smallest absolute Gasteiger partial charge is 0.384 e. The van der Waals surface area contributed by atoms with Gasteiger partial charge < -0.3 is 9.73 Å². The molecular weight excluding hydrogens is 370 g/mol. The lowest BCUT2D eigenvalue weighted by atomic mass is 10.0. The van der Waals surface area contributed by atoms with Crippen LogP contribution in [0.15, 0.2) is 39.5 Å². The van der Waals surface area contributed by atoms with Gasteiger partial charge in [0.15, 0.2) is 5.78 Å². The number of hydrogen-bond donors (Lipinski definition) is 1. The summed E-state index contributed by atoms with van der Waals surface area (Å²) in [6, 6.07) is 8.86. The van der Waals surface area contributed by atoms with E-state index in [1.165, 1.54) is 4.68 Å². The van der Waals surface area contributed by atoms with Crippen molar-refractivity contribution in [2.45, 2.75) is 61.1 Å². The van der Waals surface area contributed by atoms with E-state index < -0.39 is 5.76 Å². The van der Waals surface area contributed by atoms with E-state index in [1.807, 2.05) is 58.0 Å². The Hall–Kier alpha value is -2.54. The number of ketones is 2. The molecule has 0 spiro atoms. The number of hydrogen-bond acceptors (Lipinski definition) is 6. The lowest BCUT2D eigenvalue weighted by Crippen LogP contribution is -2.35. The minimum atomic E-state index is -0.573. The molecule has 0 saturated carbocycles. The zero-order chi connectivity index (χ0) is 21.3. The summed E-state index contributed by atoms with van der Waals surface area (Å²) in [5.74, 6) is -0.194. The molecule has 0 saturated heterocycles. The number of rotatable bonds is 8. The van der Waals surface area contributed by atoms with Crippen LogP contribution in [0.2, 0.25) is 0 Å². The molecule has 0 aliphatic rings. The summed E-state index contributed by atoms with van der Waals surface area (Å²) < 4.78 is 6.16. The van der Waals surface area contributed by atoms with Crippen LogP contribution in [0.3, 0.4) is 0 Å². The van der Waals surface area contributed by atoms with Crippen LogP contribution in [-0.2, 0) is 6.54 Å². The van der Waals surface area contributed by atoms with Crippen molar-refractivity contribution in [2.75, 3.05) is 7.05 Å². The molecule has 162 valence electrons. The SMILES string of the molecule is C.CC(=O)c1ccccc1.CN[C@@H](CC(C)C)C(=O)c1nn(CC(C)C)c(=O)o1. The fourth-order valence-corrected chi connectivity index (χ4v) is 2.52. The van der Waals surface area contributed by atoms with Crippen LogP contribution >= 0.6 is 0 Å². The number of carbonyl (C=O) groups excluding carboxylic acids is 2. The van der Waals surface area contributed by atoms with Crippen LogP contribution in [0.25, 0.3) is 0 Å². The fourth-order valence-electron chi connectivity index (χ4n) is 2.52. The highest BCUT2D eigenvalue weighted by atomic mass is 16.4. The predicted octanol–water partition coefficient (Wildman–Crippen LogP) is 3.83. The van der Waals surface area contributed by atoms with Crippen molar-refractivity contribution in [3.63, 3.8) is 0 Å². The first-order valence-electron chi connectivity index (χ1n) is 9.51. The fraction of sp³-hybridized carbons (Fsp3) is 0.545. The number of likely N-dealkylation sites (N-methyl/N-ethyl adjacent to an activating group) is 1. The topological polar surface area (TPSA) is 94.2 Å². The molecule has 1 aromatic heterocycles. The summed E-state index contributed by atoms with van der Waals surface area (Å²) in [7, 11) is 1.72. The summed E-state index contributed by atoms with van der Waals surface area (Å²) in [5, 5.41) is 6.91. The second kappa shape index (κ2) is 12.8. The van der Waals surface area contributed by atoms with Crippen LogP contribution in [0, 0.1) is 11.8 Å². The van der Waals surface area contributed by atoms with E-state index in [2.05, 4.69) is 10.4 Å². The van der Waals surface area contributed by atoms with Gasteiger partial charge in [0.2, 0.25) is 5.78 Å². The van der Waals surface area contributed by atoms with Crippen LogP contribution in [0.1, 0.15) is 69.5 Å². The minimum absolute atomic E-state index is 0. The molecule has 2 rings (SSSR count). The third kappa shape index (κ3) is 9.00. The molecule has 0 aliphatic carbocycles. The Morgan fingerprint density at radius 3 is 2.10 bits per heavy atom.